The molecule has 2 aliphatic heterocycles. The topological polar surface area (TPSA) is 41.9 Å². The van der Waals surface area contributed by atoms with Gasteiger partial charge in [0.1, 0.15) is 29.5 Å². The van der Waals surface area contributed by atoms with Gasteiger partial charge in [0.25, 0.3) is 0 Å². The van der Waals surface area contributed by atoms with Gasteiger partial charge in [-0.25, -0.2) is 0 Å². The second-order valence-corrected chi connectivity index (χ2v) is 10.3. The molecule has 4 heteroatoms. The van der Waals surface area contributed by atoms with Crippen molar-refractivity contribution >= 4 is 0 Å². The highest BCUT2D eigenvalue weighted by molar-refractivity contribution is 5.52. The van der Waals surface area contributed by atoms with Crippen molar-refractivity contribution in [1.82, 2.24) is 4.90 Å². The lowest BCUT2D eigenvalue weighted by Crippen LogP contribution is -2.43. The Morgan fingerprint density at radius 3 is 2.32 bits per heavy atom. The van der Waals surface area contributed by atoms with Gasteiger partial charge in [0.15, 0.2) is 0 Å². The average molecular weight is 458 g/mol. The van der Waals surface area contributed by atoms with Crippen LogP contribution >= 0.6 is 0 Å². The fourth-order valence-electron chi connectivity index (χ4n) is 5.61. The number of aromatic hydroxyl groups is 1. The first kappa shape index (κ1) is 22.8. The van der Waals surface area contributed by atoms with E-state index in [-0.39, 0.29) is 17.6 Å². The number of rotatable bonds is 6. The number of benzene rings is 3. The molecule has 2 atom stereocenters. The summed E-state index contributed by atoms with van der Waals surface area (Å²) in [5, 5.41) is 10.1. The zero-order valence-corrected chi connectivity index (χ0v) is 20.5. The van der Waals surface area contributed by atoms with Crippen LogP contribution in [0.5, 0.6) is 17.2 Å². The highest BCUT2D eigenvalue weighted by Crippen LogP contribution is 2.53. The van der Waals surface area contributed by atoms with Crippen molar-refractivity contribution in [3.8, 4) is 17.2 Å². The molecule has 0 radical (unpaired) electrons. The van der Waals surface area contributed by atoms with Gasteiger partial charge < -0.3 is 14.6 Å². The van der Waals surface area contributed by atoms with Gasteiger partial charge in [-0.15, -0.1) is 0 Å². The first-order valence-electron chi connectivity index (χ1n) is 12.4. The zero-order valence-electron chi connectivity index (χ0n) is 20.5. The number of phenols is 1. The van der Waals surface area contributed by atoms with E-state index in [0.29, 0.717) is 0 Å². The predicted molar refractivity (Wildman–Crippen MR) is 136 cm³/mol. The molecule has 0 spiro atoms. The number of aryl methyl sites for hydroxylation is 1. The third-order valence-corrected chi connectivity index (χ3v) is 7.34. The molecular formula is C30H35NO3. The predicted octanol–water partition coefficient (Wildman–Crippen LogP) is 6.26. The minimum atomic E-state index is -0.453. The molecule has 34 heavy (non-hydrogen) atoms. The van der Waals surface area contributed by atoms with Crippen LogP contribution in [0.3, 0.4) is 0 Å². The molecule has 0 unspecified atom stereocenters. The maximum absolute atomic E-state index is 10.1. The quantitative estimate of drug-likeness (QED) is 0.474. The van der Waals surface area contributed by atoms with Crippen LogP contribution in [0.4, 0.5) is 0 Å². The third kappa shape index (κ3) is 4.65. The highest BCUT2D eigenvalue weighted by atomic mass is 16.5. The lowest BCUT2D eigenvalue weighted by molar-refractivity contribution is 0.0528. The summed E-state index contributed by atoms with van der Waals surface area (Å²) in [5.74, 6) is 2.10. The van der Waals surface area contributed by atoms with Crippen LogP contribution in [0.25, 0.3) is 0 Å². The number of phenolic OH excluding ortho intramolecular Hbond substituents is 1. The molecule has 0 bridgehead atoms. The number of nitrogens with zero attached hydrogens (tertiary/aromatic N) is 1. The highest BCUT2D eigenvalue weighted by Gasteiger charge is 2.45. The van der Waals surface area contributed by atoms with Crippen LogP contribution in [-0.4, -0.2) is 41.8 Å². The van der Waals surface area contributed by atoms with Crippen molar-refractivity contribution < 1.29 is 14.6 Å². The molecule has 3 aromatic carbocycles. The van der Waals surface area contributed by atoms with E-state index in [9.17, 15) is 5.11 Å². The van der Waals surface area contributed by atoms with E-state index in [1.807, 2.05) is 6.07 Å². The summed E-state index contributed by atoms with van der Waals surface area (Å²) < 4.78 is 12.5. The second kappa shape index (κ2) is 9.34. The summed E-state index contributed by atoms with van der Waals surface area (Å²) in [6.45, 7) is 10.5. The Labute approximate surface area is 203 Å². The van der Waals surface area contributed by atoms with Gasteiger partial charge in [-0.05, 0) is 76.0 Å². The zero-order chi connectivity index (χ0) is 23.7. The lowest BCUT2D eigenvalue weighted by Gasteiger charge is -2.45. The number of hydrogen-bond donors (Lipinski definition) is 1. The Hall–Kier alpha value is -2.98. The summed E-state index contributed by atoms with van der Waals surface area (Å²) in [6.07, 6.45) is 2.61. The van der Waals surface area contributed by atoms with E-state index in [4.69, 9.17) is 9.47 Å². The standard InChI is InChI=1S/C30H35NO3/c1-21-6-8-23(9-7-21)29-28(26-15-12-24(32)20-27(26)34-30(29,2)3)22-10-13-25(14-11-22)33-19-18-31-16-4-5-17-31/h6-15,20,28-29,32H,4-5,16-19H2,1-3H3/t28-,29+/m0/s1. The second-order valence-electron chi connectivity index (χ2n) is 10.3. The van der Waals surface area contributed by atoms with Crippen LogP contribution in [0.2, 0.25) is 0 Å². The molecule has 4 nitrogen and oxygen atoms in total. The van der Waals surface area contributed by atoms with E-state index in [0.717, 1.165) is 30.2 Å². The molecule has 2 aliphatic rings. The van der Waals surface area contributed by atoms with Crippen LogP contribution in [0.15, 0.2) is 66.7 Å². The molecule has 1 saturated heterocycles. The van der Waals surface area contributed by atoms with Crippen LogP contribution in [-0.2, 0) is 0 Å². The summed E-state index contributed by atoms with van der Waals surface area (Å²) >= 11 is 0. The molecule has 0 aliphatic carbocycles. The molecule has 1 fully saturated rings. The molecule has 0 saturated carbocycles. The SMILES string of the molecule is Cc1ccc([C@@H]2[C@@H](c3ccc(OCCN4CCCC4)cc3)c3ccc(O)cc3OC2(C)C)cc1. The maximum atomic E-state index is 10.1. The van der Waals surface area contributed by atoms with Crippen molar-refractivity contribution in [3.63, 3.8) is 0 Å². The first-order valence-corrected chi connectivity index (χ1v) is 12.4. The molecule has 0 aromatic heterocycles. The lowest BCUT2D eigenvalue weighted by atomic mass is 9.68. The van der Waals surface area contributed by atoms with Gasteiger partial charge in [0.05, 0.1) is 0 Å². The van der Waals surface area contributed by atoms with Gasteiger partial charge in [-0.2, -0.15) is 0 Å². The number of ether oxygens (including phenoxy) is 2. The Bertz CT molecular complexity index is 1110. The summed E-state index contributed by atoms with van der Waals surface area (Å²) in [5.41, 5.74) is 4.37. The Kier molecular flexibility index (Phi) is 6.26. The van der Waals surface area contributed by atoms with Gasteiger partial charge in [-0.1, -0.05) is 48.0 Å². The van der Waals surface area contributed by atoms with Crippen molar-refractivity contribution in [2.75, 3.05) is 26.2 Å². The monoisotopic (exact) mass is 457 g/mol. The van der Waals surface area contributed by atoms with Gasteiger partial charge in [-0.3, -0.25) is 4.90 Å². The van der Waals surface area contributed by atoms with Crippen molar-refractivity contribution in [2.45, 2.75) is 51.0 Å². The largest absolute Gasteiger partial charge is 0.508 e. The minimum Gasteiger partial charge on any atom is -0.508 e. The Morgan fingerprint density at radius 2 is 1.62 bits per heavy atom. The minimum absolute atomic E-state index is 0.0979. The maximum Gasteiger partial charge on any atom is 0.127 e. The van der Waals surface area contributed by atoms with E-state index in [2.05, 4.69) is 74.2 Å². The van der Waals surface area contributed by atoms with E-state index in [1.54, 1.807) is 12.1 Å². The summed E-state index contributed by atoms with van der Waals surface area (Å²) in [4.78, 5) is 2.47. The fourth-order valence-corrected chi connectivity index (χ4v) is 5.61. The Balaban J connectivity index is 1.46. The number of fused-ring (bicyclic) bond motifs is 1. The van der Waals surface area contributed by atoms with Crippen LogP contribution in [0.1, 0.15) is 60.8 Å². The van der Waals surface area contributed by atoms with Gasteiger partial charge in [0.2, 0.25) is 0 Å². The van der Waals surface area contributed by atoms with Crippen LogP contribution < -0.4 is 9.47 Å². The summed E-state index contributed by atoms with van der Waals surface area (Å²) in [7, 11) is 0. The molecule has 0 amide bonds. The molecule has 5 rings (SSSR count). The van der Waals surface area contributed by atoms with Crippen molar-refractivity contribution in [2.24, 2.45) is 0 Å². The van der Waals surface area contributed by atoms with Crippen LogP contribution in [0, 0.1) is 6.92 Å². The van der Waals surface area contributed by atoms with Crippen molar-refractivity contribution in [3.05, 3.63) is 89.0 Å². The van der Waals surface area contributed by atoms with Gasteiger partial charge in [0, 0.05) is 30.0 Å². The third-order valence-electron chi connectivity index (χ3n) is 7.34. The Morgan fingerprint density at radius 1 is 0.941 bits per heavy atom. The number of hydrogen-bond acceptors (Lipinski definition) is 4. The average Bonchev–Trinajstić information content (AvgIpc) is 3.32. The summed E-state index contributed by atoms with van der Waals surface area (Å²) in [6, 6.07) is 22.9. The van der Waals surface area contributed by atoms with Gasteiger partial charge >= 0.3 is 0 Å². The fraction of sp³-hybridized carbons (Fsp3) is 0.400. The molecule has 178 valence electrons. The smallest absolute Gasteiger partial charge is 0.127 e. The molecular weight excluding hydrogens is 422 g/mol. The molecule has 1 N–H and O–H groups in total. The number of likely N-dealkylation sites (tertiary alicyclic amines) is 1. The first-order chi connectivity index (χ1) is 16.4. The van der Waals surface area contributed by atoms with E-state index < -0.39 is 5.60 Å². The van der Waals surface area contributed by atoms with Crippen molar-refractivity contribution in [1.29, 1.82) is 0 Å². The normalized spacial score (nSPS) is 21.6. The van der Waals surface area contributed by atoms with E-state index >= 15 is 0 Å². The van der Waals surface area contributed by atoms with E-state index in [1.165, 1.54) is 42.6 Å². The molecule has 3 aromatic rings. The molecule has 2 heterocycles.